The molecular weight excluding hydrogens is 297 g/mol. The summed E-state index contributed by atoms with van der Waals surface area (Å²) in [6, 6.07) is 6.32. The summed E-state index contributed by atoms with van der Waals surface area (Å²) in [6.07, 6.45) is 5.77. The monoisotopic (exact) mass is 322 g/mol. The van der Waals surface area contributed by atoms with Gasteiger partial charge in [-0.25, -0.2) is 9.18 Å². The number of hydrogen-bond acceptors (Lipinski definition) is 2. The summed E-state index contributed by atoms with van der Waals surface area (Å²) in [5.74, 6) is -0.544. The van der Waals surface area contributed by atoms with E-state index in [1.807, 2.05) is 0 Å². The van der Waals surface area contributed by atoms with Gasteiger partial charge >= 0.3 is 6.03 Å². The summed E-state index contributed by atoms with van der Waals surface area (Å²) < 4.78 is 13.1. The van der Waals surface area contributed by atoms with Gasteiger partial charge in [-0.05, 0) is 37.8 Å². The van der Waals surface area contributed by atoms with Crippen LogP contribution in [0.25, 0.3) is 0 Å². The van der Waals surface area contributed by atoms with Crippen LogP contribution in [-0.4, -0.2) is 31.6 Å². The quantitative estimate of drug-likeness (QED) is 0.757. The Morgan fingerprint density at radius 1 is 1.17 bits per heavy atom. The molecule has 1 unspecified atom stereocenters. The van der Waals surface area contributed by atoms with Gasteiger partial charge in [0.15, 0.2) is 6.54 Å². The number of imide groups is 1. The molecule has 1 aromatic carbocycles. The van der Waals surface area contributed by atoms with Crippen LogP contribution in [-0.2, 0) is 11.3 Å². The molecule has 1 aromatic rings. The number of halogens is 1. The summed E-state index contributed by atoms with van der Waals surface area (Å²) in [5.41, 5.74) is 1.000. The maximum atomic E-state index is 13.1. The molecule has 126 valence electrons. The molecule has 2 rings (SSSR count). The van der Waals surface area contributed by atoms with Crippen molar-refractivity contribution >= 4 is 11.9 Å². The SMILES string of the molecule is CNC(=O)NC(=O)C[NH+](Cc1ccc(F)cc1)C1CCCCC1. The van der Waals surface area contributed by atoms with E-state index in [0.29, 0.717) is 12.6 Å². The number of carbonyl (C=O) groups excluding carboxylic acids is 2. The largest absolute Gasteiger partial charge is 0.341 e. The molecule has 23 heavy (non-hydrogen) atoms. The van der Waals surface area contributed by atoms with E-state index in [9.17, 15) is 14.0 Å². The fourth-order valence-electron chi connectivity index (χ4n) is 3.17. The van der Waals surface area contributed by atoms with Crippen molar-refractivity contribution < 1.29 is 18.9 Å². The number of quaternary nitrogens is 1. The Balaban J connectivity index is 2.03. The second kappa shape index (κ2) is 8.62. The van der Waals surface area contributed by atoms with Crippen molar-refractivity contribution in [2.24, 2.45) is 0 Å². The van der Waals surface area contributed by atoms with Crippen LogP contribution in [0.15, 0.2) is 24.3 Å². The summed E-state index contributed by atoms with van der Waals surface area (Å²) in [4.78, 5) is 24.5. The lowest BCUT2D eigenvalue weighted by Gasteiger charge is -2.31. The third kappa shape index (κ3) is 5.63. The number of urea groups is 1. The molecule has 0 bridgehead atoms. The van der Waals surface area contributed by atoms with Crippen molar-refractivity contribution in [1.82, 2.24) is 10.6 Å². The Morgan fingerprint density at radius 2 is 1.83 bits per heavy atom. The highest BCUT2D eigenvalue weighted by atomic mass is 19.1. The first-order chi connectivity index (χ1) is 11.1. The van der Waals surface area contributed by atoms with Crippen molar-refractivity contribution in [3.05, 3.63) is 35.6 Å². The predicted octanol–water partition coefficient (Wildman–Crippen LogP) is 0.999. The molecule has 0 aromatic heterocycles. The van der Waals surface area contributed by atoms with Crippen molar-refractivity contribution in [2.75, 3.05) is 13.6 Å². The number of amides is 3. The molecule has 1 atom stereocenters. The van der Waals surface area contributed by atoms with Crippen molar-refractivity contribution in [2.45, 2.75) is 44.7 Å². The lowest BCUT2D eigenvalue weighted by molar-refractivity contribution is -0.932. The van der Waals surface area contributed by atoms with E-state index in [4.69, 9.17) is 0 Å². The van der Waals surface area contributed by atoms with Gasteiger partial charge in [-0.2, -0.15) is 0 Å². The highest BCUT2D eigenvalue weighted by molar-refractivity contribution is 5.94. The first kappa shape index (κ1) is 17.4. The van der Waals surface area contributed by atoms with Crippen LogP contribution >= 0.6 is 0 Å². The average Bonchev–Trinajstić information content (AvgIpc) is 2.57. The zero-order chi connectivity index (χ0) is 16.7. The van der Waals surface area contributed by atoms with Gasteiger partial charge in [0, 0.05) is 12.6 Å². The standard InChI is InChI=1S/C17H24FN3O2/c1-19-17(23)20-16(22)12-21(15-5-3-2-4-6-15)11-13-7-9-14(18)10-8-13/h7-10,15H,2-6,11-12H2,1H3,(H2,19,20,22,23)/p+1. The predicted molar refractivity (Wildman–Crippen MR) is 85.4 cm³/mol. The van der Waals surface area contributed by atoms with E-state index >= 15 is 0 Å². The van der Waals surface area contributed by atoms with Gasteiger partial charge in [-0.1, -0.05) is 18.6 Å². The molecule has 1 fully saturated rings. The Labute approximate surface area is 136 Å². The van der Waals surface area contributed by atoms with Crippen molar-refractivity contribution in [3.63, 3.8) is 0 Å². The van der Waals surface area contributed by atoms with Gasteiger partial charge in [-0.3, -0.25) is 10.1 Å². The molecule has 3 N–H and O–H groups in total. The second-order valence-corrected chi connectivity index (χ2v) is 6.10. The molecule has 0 aliphatic heterocycles. The normalized spacial score (nSPS) is 16.6. The van der Waals surface area contributed by atoms with E-state index in [1.54, 1.807) is 12.1 Å². The third-order valence-electron chi connectivity index (χ3n) is 4.39. The molecule has 1 aliphatic rings. The van der Waals surface area contributed by atoms with Gasteiger partial charge in [0.05, 0.1) is 6.04 Å². The zero-order valence-electron chi connectivity index (χ0n) is 13.5. The number of benzene rings is 1. The Hall–Kier alpha value is -1.95. The Morgan fingerprint density at radius 3 is 2.43 bits per heavy atom. The van der Waals surface area contributed by atoms with Gasteiger partial charge in [0.25, 0.3) is 5.91 Å². The summed E-state index contributed by atoms with van der Waals surface area (Å²) >= 11 is 0. The van der Waals surface area contributed by atoms with Crippen LogP contribution in [0, 0.1) is 5.82 Å². The average molecular weight is 322 g/mol. The van der Waals surface area contributed by atoms with Crippen LogP contribution in [0.3, 0.4) is 0 Å². The molecule has 5 nitrogen and oxygen atoms in total. The van der Waals surface area contributed by atoms with Gasteiger partial charge in [-0.15, -0.1) is 0 Å². The lowest BCUT2D eigenvalue weighted by Crippen LogP contribution is -3.15. The van der Waals surface area contributed by atoms with Crippen LogP contribution in [0.1, 0.15) is 37.7 Å². The molecule has 6 heteroatoms. The maximum Gasteiger partial charge on any atom is 0.321 e. The number of hydrogen-bond donors (Lipinski definition) is 3. The van der Waals surface area contributed by atoms with Gasteiger partial charge < -0.3 is 10.2 Å². The number of rotatable bonds is 5. The molecule has 1 aliphatic carbocycles. The highest BCUT2D eigenvalue weighted by Gasteiger charge is 2.27. The summed E-state index contributed by atoms with van der Waals surface area (Å²) in [7, 11) is 1.48. The first-order valence-corrected chi connectivity index (χ1v) is 8.19. The Bertz CT molecular complexity index is 527. The zero-order valence-corrected chi connectivity index (χ0v) is 13.5. The molecule has 0 heterocycles. The van der Waals surface area contributed by atoms with Crippen LogP contribution in [0.5, 0.6) is 0 Å². The Kier molecular flexibility index (Phi) is 6.52. The molecular formula is C17H25FN3O2+. The van der Waals surface area contributed by atoms with E-state index in [2.05, 4.69) is 10.6 Å². The second-order valence-electron chi connectivity index (χ2n) is 6.10. The minimum absolute atomic E-state index is 0.245. The minimum Gasteiger partial charge on any atom is -0.341 e. The van der Waals surface area contributed by atoms with Crippen LogP contribution < -0.4 is 15.5 Å². The molecule has 0 radical (unpaired) electrons. The number of carbonyl (C=O) groups is 2. The smallest absolute Gasteiger partial charge is 0.321 e. The van der Waals surface area contributed by atoms with Crippen LogP contribution in [0.4, 0.5) is 9.18 Å². The fourth-order valence-corrected chi connectivity index (χ4v) is 3.17. The summed E-state index contributed by atoms with van der Waals surface area (Å²) in [6.45, 7) is 0.904. The van der Waals surface area contributed by atoms with E-state index in [-0.39, 0.29) is 18.3 Å². The highest BCUT2D eigenvalue weighted by Crippen LogP contribution is 2.15. The molecule has 0 spiro atoms. The van der Waals surface area contributed by atoms with Gasteiger partial charge in [0.2, 0.25) is 0 Å². The molecule has 1 saturated carbocycles. The summed E-state index contributed by atoms with van der Waals surface area (Å²) in [5, 5.41) is 4.71. The van der Waals surface area contributed by atoms with E-state index in [0.717, 1.165) is 23.3 Å². The van der Waals surface area contributed by atoms with Crippen LogP contribution in [0.2, 0.25) is 0 Å². The number of nitrogens with one attached hydrogen (secondary N) is 3. The van der Waals surface area contributed by atoms with Gasteiger partial charge in [0.1, 0.15) is 12.4 Å². The fraction of sp³-hybridized carbons (Fsp3) is 0.529. The van der Waals surface area contributed by atoms with E-state index in [1.165, 1.54) is 38.4 Å². The maximum absolute atomic E-state index is 13.1. The molecule has 0 saturated heterocycles. The molecule has 3 amide bonds. The first-order valence-electron chi connectivity index (χ1n) is 8.19. The topological polar surface area (TPSA) is 62.6 Å². The third-order valence-corrected chi connectivity index (χ3v) is 4.39. The van der Waals surface area contributed by atoms with Crippen molar-refractivity contribution in [1.29, 1.82) is 0 Å². The lowest BCUT2D eigenvalue weighted by atomic mass is 9.93. The van der Waals surface area contributed by atoms with Crippen molar-refractivity contribution in [3.8, 4) is 0 Å². The van der Waals surface area contributed by atoms with E-state index < -0.39 is 6.03 Å². The minimum atomic E-state index is -0.486.